The average Bonchev–Trinajstić information content (AvgIpc) is 2.25. The molecule has 2 N–H and O–H groups in total. The molecule has 0 aliphatic rings. The van der Waals surface area contributed by atoms with Crippen molar-refractivity contribution >= 4 is 16.0 Å². The first-order valence-corrected chi connectivity index (χ1v) is 6.67. The fourth-order valence-electron chi connectivity index (χ4n) is 1.55. The molecule has 1 rings (SSSR count). The summed E-state index contributed by atoms with van der Waals surface area (Å²) in [5.74, 6) is -1.87. The summed E-state index contributed by atoms with van der Waals surface area (Å²) in [4.78, 5) is 10.8. The SMILES string of the molecule is COC(=O)c1cc(S(N)(=O)=O)c(F)cc1C(C)C. The summed E-state index contributed by atoms with van der Waals surface area (Å²) in [7, 11) is -3.06. The lowest BCUT2D eigenvalue weighted by Crippen LogP contribution is -2.17. The normalized spacial score (nSPS) is 11.7. The molecule has 0 atom stereocenters. The monoisotopic (exact) mass is 275 g/mol. The Labute approximate surface area is 105 Å². The van der Waals surface area contributed by atoms with Gasteiger partial charge in [-0.15, -0.1) is 0 Å². The van der Waals surface area contributed by atoms with Crippen LogP contribution in [0.2, 0.25) is 0 Å². The molecule has 0 saturated heterocycles. The van der Waals surface area contributed by atoms with E-state index < -0.39 is 26.7 Å². The van der Waals surface area contributed by atoms with Crippen molar-refractivity contribution in [3.05, 3.63) is 29.1 Å². The van der Waals surface area contributed by atoms with Gasteiger partial charge in [0.1, 0.15) is 10.7 Å². The number of ether oxygens (including phenoxy) is 1. The van der Waals surface area contributed by atoms with Crippen molar-refractivity contribution in [1.29, 1.82) is 0 Å². The van der Waals surface area contributed by atoms with Gasteiger partial charge in [0.2, 0.25) is 10.0 Å². The van der Waals surface area contributed by atoms with E-state index in [1.807, 2.05) is 0 Å². The molecule has 0 bridgehead atoms. The maximum atomic E-state index is 13.6. The first-order chi connectivity index (χ1) is 8.18. The lowest BCUT2D eigenvalue weighted by molar-refractivity contribution is 0.0598. The Hall–Kier alpha value is -1.47. The first-order valence-electron chi connectivity index (χ1n) is 5.13. The zero-order valence-electron chi connectivity index (χ0n) is 10.2. The highest BCUT2D eigenvalue weighted by atomic mass is 32.2. The molecule has 7 heteroatoms. The van der Waals surface area contributed by atoms with Gasteiger partial charge in [0.05, 0.1) is 12.7 Å². The number of esters is 1. The van der Waals surface area contributed by atoms with Crippen molar-refractivity contribution in [2.75, 3.05) is 7.11 Å². The maximum absolute atomic E-state index is 13.6. The first kappa shape index (κ1) is 14.6. The van der Waals surface area contributed by atoms with E-state index >= 15 is 0 Å². The van der Waals surface area contributed by atoms with Crippen LogP contribution in [-0.4, -0.2) is 21.5 Å². The van der Waals surface area contributed by atoms with Crippen LogP contribution in [-0.2, 0) is 14.8 Å². The number of nitrogens with two attached hydrogens (primary N) is 1. The second kappa shape index (κ2) is 5.03. The lowest BCUT2D eigenvalue weighted by atomic mass is 9.97. The molecule has 0 amide bonds. The lowest BCUT2D eigenvalue weighted by Gasteiger charge is -2.13. The summed E-state index contributed by atoms with van der Waals surface area (Å²) < 4.78 is 40.5. The van der Waals surface area contributed by atoms with Gasteiger partial charge < -0.3 is 4.74 Å². The molecule has 0 spiro atoms. The number of sulfonamides is 1. The molecule has 100 valence electrons. The van der Waals surface area contributed by atoms with Crippen molar-refractivity contribution in [2.24, 2.45) is 5.14 Å². The number of primary sulfonamides is 1. The van der Waals surface area contributed by atoms with Gasteiger partial charge in [0.15, 0.2) is 0 Å². The van der Waals surface area contributed by atoms with Crippen molar-refractivity contribution in [3.8, 4) is 0 Å². The molecule has 0 aliphatic heterocycles. The number of rotatable bonds is 3. The maximum Gasteiger partial charge on any atom is 0.338 e. The van der Waals surface area contributed by atoms with Gasteiger partial charge in [-0.05, 0) is 23.6 Å². The third-order valence-corrected chi connectivity index (χ3v) is 3.36. The van der Waals surface area contributed by atoms with E-state index in [0.717, 1.165) is 19.2 Å². The highest BCUT2D eigenvalue weighted by Crippen LogP contribution is 2.25. The Bertz CT molecular complexity index is 581. The van der Waals surface area contributed by atoms with Crippen LogP contribution in [0.1, 0.15) is 35.7 Å². The van der Waals surface area contributed by atoms with E-state index in [1.54, 1.807) is 13.8 Å². The molecule has 18 heavy (non-hydrogen) atoms. The largest absolute Gasteiger partial charge is 0.465 e. The van der Waals surface area contributed by atoms with E-state index in [0.29, 0.717) is 5.56 Å². The topological polar surface area (TPSA) is 86.5 Å². The van der Waals surface area contributed by atoms with E-state index in [9.17, 15) is 17.6 Å². The molecular formula is C11H14FNO4S. The fraction of sp³-hybridized carbons (Fsp3) is 0.364. The molecule has 1 aromatic rings. The second-order valence-corrected chi connectivity index (χ2v) is 5.59. The van der Waals surface area contributed by atoms with Gasteiger partial charge in [-0.3, -0.25) is 0 Å². The Kier molecular flexibility index (Phi) is 4.08. The van der Waals surface area contributed by atoms with Crippen molar-refractivity contribution in [3.63, 3.8) is 0 Å². The minimum Gasteiger partial charge on any atom is -0.465 e. The van der Waals surface area contributed by atoms with Crippen LogP contribution in [0.5, 0.6) is 0 Å². The van der Waals surface area contributed by atoms with Gasteiger partial charge in [-0.1, -0.05) is 13.8 Å². The fourth-order valence-corrected chi connectivity index (χ4v) is 2.16. The third kappa shape index (κ3) is 2.85. The molecular weight excluding hydrogens is 261 g/mol. The summed E-state index contributed by atoms with van der Waals surface area (Å²) in [6.07, 6.45) is 0. The van der Waals surface area contributed by atoms with Gasteiger partial charge in [-0.2, -0.15) is 0 Å². The summed E-state index contributed by atoms with van der Waals surface area (Å²) in [6.45, 7) is 3.50. The van der Waals surface area contributed by atoms with Crippen LogP contribution in [0.4, 0.5) is 4.39 Å². The highest BCUT2D eigenvalue weighted by molar-refractivity contribution is 7.89. The number of halogens is 1. The van der Waals surface area contributed by atoms with E-state index in [1.165, 1.54) is 0 Å². The van der Waals surface area contributed by atoms with E-state index in [4.69, 9.17) is 5.14 Å². The smallest absolute Gasteiger partial charge is 0.338 e. The van der Waals surface area contributed by atoms with Crippen LogP contribution < -0.4 is 5.14 Å². The Morgan fingerprint density at radius 1 is 1.39 bits per heavy atom. The van der Waals surface area contributed by atoms with Gasteiger partial charge in [-0.25, -0.2) is 22.7 Å². The number of carbonyl (C=O) groups is 1. The minimum atomic E-state index is -4.22. The van der Waals surface area contributed by atoms with Crippen molar-refractivity contribution < 1.29 is 22.3 Å². The molecule has 0 unspecified atom stereocenters. The Morgan fingerprint density at radius 3 is 2.33 bits per heavy atom. The summed E-state index contributed by atoms with van der Waals surface area (Å²) in [6, 6.07) is 1.91. The molecule has 0 fully saturated rings. The van der Waals surface area contributed by atoms with Crippen LogP contribution in [0.3, 0.4) is 0 Å². The number of hydrogen-bond acceptors (Lipinski definition) is 4. The van der Waals surface area contributed by atoms with Crippen LogP contribution in [0.25, 0.3) is 0 Å². The quantitative estimate of drug-likeness (QED) is 0.844. The van der Waals surface area contributed by atoms with Crippen LogP contribution >= 0.6 is 0 Å². The van der Waals surface area contributed by atoms with Gasteiger partial charge in [0, 0.05) is 0 Å². The number of hydrogen-bond donors (Lipinski definition) is 1. The molecule has 5 nitrogen and oxygen atoms in total. The molecule has 0 saturated carbocycles. The summed E-state index contributed by atoms with van der Waals surface area (Å²) >= 11 is 0. The Morgan fingerprint density at radius 2 is 1.94 bits per heavy atom. The van der Waals surface area contributed by atoms with Gasteiger partial charge in [0.25, 0.3) is 0 Å². The highest BCUT2D eigenvalue weighted by Gasteiger charge is 2.22. The average molecular weight is 275 g/mol. The number of benzene rings is 1. The predicted octanol–water partition coefficient (Wildman–Crippen LogP) is 1.38. The zero-order chi connectivity index (χ0) is 14.1. The number of methoxy groups -OCH3 is 1. The van der Waals surface area contributed by atoms with E-state index in [-0.39, 0.29) is 11.5 Å². The zero-order valence-corrected chi connectivity index (χ0v) is 11.0. The third-order valence-electron chi connectivity index (χ3n) is 2.44. The van der Waals surface area contributed by atoms with E-state index in [2.05, 4.69) is 4.74 Å². The molecule has 1 aromatic carbocycles. The summed E-state index contributed by atoms with van der Waals surface area (Å²) in [5, 5.41) is 4.87. The molecule has 0 heterocycles. The number of carbonyl (C=O) groups excluding carboxylic acids is 1. The molecule has 0 aliphatic carbocycles. The van der Waals surface area contributed by atoms with Gasteiger partial charge >= 0.3 is 5.97 Å². The second-order valence-electron chi connectivity index (χ2n) is 4.06. The van der Waals surface area contributed by atoms with Crippen LogP contribution in [0.15, 0.2) is 17.0 Å². The Balaban J connectivity index is 3.61. The predicted molar refractivity (Wildman–Crippen MR) is 63.2 cm³/mol. The standard InChI is InChI=1S/C11H14FNO4S/c1-6(2)7-4-9(12)10(18(13,15)16)5-8(7)11(14)17-3/h4-6H,1-3H3,(H2,13,15,16). The minimum absolute atomic E-state index is 0.00192. The molecule has 0 aromatic heterocycles. The van der Waals surface area contributed by atoms with Crippen molar-refractivity contribution in [1.82, 2.24) is 0 Å². The van der Waals surface area contributed by atoms with Crippen LogP contribution in [0, 0.1) is 5.82 Å². The van der Waals surface area contributed by atoms with Crippen molar-refractivity contribution in [2.45, 2.75) is 24.7 Å². The molecule has 0 radical (unpaired) electrons. The summed E-state index contributed by atoms with van der Waals surface area (Å²) in [5.41, 5.74) is 0.365.